The Morgan fingerprint density at radius 3 is 2.09 bits per heavy atom. The first-order valence-corrected chi connectivity index (χ1v) is 5.03. The van der Waals surface area contributed by atoms with Gasteiger partial charge in [-0.1, -0.05) is 0 Å². The molecule has 0 aliphatic heterocycles. The average molecular weight is 180 g/mol. The topological polar surface area (TPSA) is 103 Å². The van der Waals surface area contributed by atoms with Crippen molar-refractivity contribution in [2.24, 2.45) is 11.5 Å². The van der Waals surface area contributed by atoms with Gasteiger partial charge in [-0.25, -0.2) is 8.42 Å². The van der Waals surface area contributed by atoms with Gasteiger partial charge in [-0.15, -0.1) is 0 Å². The summed E-state index contributed by atoms with van der Waals surface area (Å²) in [6.07, 6.45) is 1.06. The molecule has 0 aliphatic rings. The van der Waals surface area contributed by atoms with Gasteiger partial charge in [-0.05, 0) is 13.0 Å². The van der Waals surface area contributed by atoms with E-state index in [1.807, 2.05) is 0 Å². The summed E-state index contributed by atoms with van der Waals surface area (Å²) in [5, 5.41) is -1.13. The SMILES string of the molecule is CS(=O)(=O)C(CCN)C(N)=O. The molecule has 0 saturated heterocycles. The Bertz CT molecular complexity index is 234. The number of hydrogen-bond donors (Lipinski definition) is 2. The maximum Gasteiger partial charge on any atom is 0.235 e. The van der Waals surface area contributed by atoms with Crippen LogP contribution >= 0.6 is 0 Å². The maximum absolute atomic E-state index is 10.8. The van der Waals surface area contributed by atoms with Crippen molar-refractivity contribution in [3.63, 3.8) is 0 Å². The van der Waals surface area contributed by atoms with E-state index in [1.165, 1.54) is 0 Å². The Balaban J connectivity index is 4.49. The molecular weight excluding hydrogens is 168 g/mol. The zero-order valence-corrected chi connectivity index (χ0v) is 7.10. The van der Waals surface area contributed by atoms with Crippen molar-refractivity contribution in [1.29, 1.82) is 0 Å². The highest BCUT2D eigenvalue weighted by molar-refractivity contribution is 7.92. The predicted molar refractivity (Wildman–Crippen MR) is 41.5 cm³/mol. The van der Waals surface area contributed by atoms with Crippen LogP contribution in [-0.4, -0.2) is 32.4 Å². The summed E-state index contributed by atoms with van der Waals surface area (Å²) >= 11 is 0. The van der Waals surface area contributed by atoms with Crippen molar-refractivity contribution in [2.75, 3.05) is 12.8 Å². The van der Waals surface area contributed by atoms with Gasteiger partial charge in [-0.3, -0.25) is 4.79 Å². The monoisotopic (exact) mass is 180 g/mol. The highest BCUT2D eigenvalue weighted by atomic mass is 32.2. The van der Waals surface area contributed by atoms with Crippen LogP contribution in [0.2, 0.25) is 0 Å². The lowest BCUT2D eigenvalue weighted by molar-refractivity contribution is -0.117. The summed E-state index contributed by atoms with van der Waals surface area (Å²) in [5.74, 6) is -0.835. The molecule has 4 N–H and O–H groups in total. The molecule has 11 heavy (non-hydrogen) atoms. The first kappa shape index (κ1) is 10.4. The van der Waals surface area contributed by atoms with Gasteiger partial charge in [0.1, 0.15) is 5.25 Å². The van der Waals surface area contributed by atoms with E-state index in [2.05, 4.69) is 0 Å². The zero-order chi connectivity index (χ0) is 9.07. The van der Waals surface area contributed by atoms with Crippen LogP contribution in [0, 0.1) is 0 Å². The number of hydrogen-bond acceptors (Lipinski definition) is 4. The second-order valence-corrected chi connectivity index (χ2v) is 4.53. The van der Waals surface area contributed by atoms with Crippen LogP contribution in [0.15, 0.2) is 0 Å². The maximum atomic E-state index is 10.8. The second-order valence-electron chi connectivity index (χ2n) is 2.30. The molecule has 0 saturated carbocycles. The van der Waals surface area contributed by atoms with Crippen LogP contribution in [0.25, 0.3) is 0 Å². The molecule has 1 amide bonds. The average Bonchev–Trinajstić information content (AvgIpc) is 1.79. The standard InChI is InChI=1S/C5H12N2O3S/c1-11(9,10)4(2-3-6)5(7)8/h4H,2-3,6H2,1H3,(H2,7,8). The lowest BCUT2D eigenvalue weighted by Gasteiger charge is -2.08. The van der Waals surface area contributed by atoms with Gasteiger partial charge in [0.25, 0.3) is 0 Å². The van der Waals surface area contributed by atoms with Crippen LogP contribution < -0.4 is 11.5 Å². The number of rotatable bonds is 4. The fourth-order valence-electron chi connectivity index (χ4n) is 0.719. The summed E-state index contributed by atoms with van der Waals surface area (Å²) < 4.78 is 21.6. The lowest BCUT2D eigenvalue weighted by atomic mass is 10.3. The van der Waals surface area contributed by atoms with E-state index in [0.29, 0.717) is 0 Å². The van der Waals surface area contributed by atoms with Crippen LogP contribution in [0.3, 0.4) is 0 Å². The molecule has 5 nitrogen and oxygen atoms in total. The second kappa shape index (κ2) is 3.68. The highest BCUT2D eigenvalue weighted by Gasteiger charge is 2.25. The molecule has 1 unspecified atom stereocenters. The third-order valence-corrected chi connectivity index (χ3v) is 2.76. The molecule has 66 valence electrons. The van der Waals surface area contributed by atoms with Crippen molar-refractivity contribution in [3.05, 3.63) is 0 Å². The van der Waals surface area contributed by atoms with E-state index >= 15 is 0 Å². The van der Waals surface area contributed by atoms with E-state index in [-0.39, 0.29) is 13.0 Å². The molecule has 0 fully saturated rings. The minimum atomic E-state index is -3.38. The molecule has 0 heterocycles. The minimum Gasteiger partial charge on any atom is -0.369 e. The molecule has 0 aromatic rings. The van der Waals surface area contributed by atoms with E-state index in [4.69, 9.17) is 11.5 Å². The van der Waals surface area contributed by atoms with Crippen LogP contribution in [0.1, 0.15) is 6.42 Å². The molecule has 0 aliphatic carbocycles. The number of nitrogens with two attached hydrogens (primary N) is 2. The summed E-state index contributed by atoms with van der Waals surface area (Å²) in [5.41, 5.74) is 9.93. The number of carbonyl (C=O) groups is 1. The fourth-order valence-corrected chi connectivity index (χ4v) is 1.70. The quantitative estimate of drug-likeness (QED) is 0.534. The normalized spacial score (nSPS) is 14.4. The van der Waals surface area contributed by atoms with Crippen molar-refractivity contribution < 1.29 is 13.2 Å². The molecule has 0 rings (SSSR count). The van der Waals surface area contributed by atoms with Crippen molar-refractivity contribution in [1.82, 2.24) is 0 Å². The zero-order valence-electron chi connectivity index (χ0n) is 6.28. The van der Waals surface area contributed by atoms with E-state index < -0.39 is 21.0 Å². The van der Waals surface area contributed by atoms with Crippen molar-refractivity contribution >= 4 is 15.7 Å². The third-order valence-electron chi connectivity index (χ3n) is 1.26. The Labute approximate surface area is 65.7 Å². The molecule has 0 aromatic heterocycles. The van der Waals surface area contributed by atoms with Gasteiger partial charge < -0.3 is 11.5 Å². The van der Waals surface area contributed by atoms with E-state index in [0.717, 1.165) is 6.26 Å². The summed E-state index contributed by atoms with van der Waals surface area (Å²) in [7, 11) is -3.38. The molecule has 1 atom stereocenters. The molecule has 6 heteroatoms. The first-order chi connectivity index (χ1) is 4.89. The number of primary amides is 1. The van der Waals surface area contributed by atoms with Gasteiger partial charge in [0, 0.05) is 6.26 Å². The summed E-state index contributed by atoms with van der Waals surface area (Å²) in [6, 6.07) is 0. The van der Waals surface area contributed by atoms with Gasteiger partial charge in [0.05, 0.1) is 0 Å². The van der Waals surface area contributed by atoms with Crippen molar-refractivity contribution in [3.8, 4) is 0 Å². The Morgan fingerprint density at radius 2 is 2.00 bits per heavy atom. The largest absolute Gasteiger partial charge is 0.369 e. The minimum absolute atomic E-state index is 0.0914. The number of carbonyl (C=O) groups excluding carboxylic acids is 1. The molecule has 0 bridgehead atoms. The van der Waals surface area contributed by atoms with Gasteiger partial charge in [-0.2, -0.15) is 0 Å². The highest BCUT2D eigenvalue weighted by Crippen LogP contribution is 2.01. The first-order valence-electron chi connectivity index (χ1n) is 3.08. The Morgan fingerprint density at radius 1 is 1.55 bits per heavy atom. The fraction of sp³-hybridized carbons (Fsp3) is 0.800. The predicted octanol–water partition coefficient (Wildman–Crippen LogP) is -1.77. The number of amides is 1. The lowest BCUT2D eigenvalue weighted by Crippen LogP contribution is -2.36. The van der Waals surface area contributed by atoms with E-state index in [9.17, 15) is 13.2 Å². The van der Waals surface area contributed by atoms with Gasteiger partial charge >= 0.3 is 0 Å². The molecule has 0 spiro atoms. The summed E-state index contributed by atoms with van der Waals surface area (Å²) in [4.78, 5) is 10.5. The summed E-state index contributed by atoms with van der Waals surface area (Å²) in [6.45, 7) is 0.140. The smallest absolute Gasteiger partial charge is 0.235 e. The van der Waals surface area contributed by atoms with Crippen molar-refractivity contribution in [2.45, 2.75) is 11.7 Å². The van der Waals surface area contributed by atoms with Gasteiger partial charge in [0.2, 0.25) is 5.91 Å². The molecule has 0 aromatic carbocycles. The van der Waals surface area contributed by atoms with E-state index in [1.54, 1.807) is 0 Å². The number of sulfone groups is 1. The Kier molecular flexibility index (Phi) is 3.47. The molecule has 0 radical (unpaired) electrons. The molecular formula is C5H12N2O3S. The third kappa shape index (κ3) is 3.33. The van der Waals surface area contributed by atoms with Crippen LogP contribution in [0.4, 0.5) is 0 Å². The van der Waals surface area contributed by atoms with Crippen LogP contribution in [-0.2, 0) is 14.6 Å². The van der Waals surface area contributed by atoms with Crippen LogP contribution in [0.5, 0.6) is 0 Å². The van der Waals surface area contributed by atoms with Gasteiger partial charge in [0.15, 0.2) is 9.84 Å². The Hall–Kier alpha value is -0.620.